The molecular formula is C18H26N2O4. The lowest BCUT2D eigenvalue weighted by Crippen LogP contribution is -2.54. The van der Waals surface area contributed by atoms with Crippen LogP contribution >= 0.6 is 0 Å². The van der Waals surface area contributed by atoms with Gasteiger partial charge in [0.05, 0.1) is 13.7 Å². The zero-order chi connectivity index (χ0) is 17.7. The molecule has 1 aliphatic heterocycles. The minimum atomic E-state index is -1.02. The Balaban J connectivity index is 1.90. The van der Waals surface area contributed by atoms with Crippen molar-refractivity contribution in [2.45, 2.75) is 32.9 Å². The first kappa shape index (κ1) is 18.3. The molecule has 0 aromatic heterocycles. The topological polar surface area (TPSA) is 70.1 Å². The molecule has 1 heterocycles. The molecule has 0 radical (unpaired) electrons. The van der Waals surface area contributed by atoms with Gasteiger partial charge in [-0.05, 0) is 30.0 Å². The number of hydrogen-bond donors (Lipinski definition) is 1. The molecule has 2 rings (SSSR count). The molecule has 6 nitrogen and oxygen atoms in total. The first-order chi connectivity index (χ1) is 11.4. The van der Waals surface area contributed by atoms with Crippen LogP contribution in [0.1, 0.15) is 25.8 Å². The summed E-state index contributed by atoms with van der Waals surface area (Å²) in [5, 5.41) is 9.95. The molecule has 0 saturated carbocycles. The van der Waals surface area contributed by atoms with E-state index in [0.717, 1.165) is 11.3 Å². The number of rotatable bonds is 6. The Morgan fingerprint density at radius 3 is 2.46 bits per heavy atom. The van der Waals surface area contributed by atoms with Crippen molar-refractivity contribution in [2.75, 3.05) is 26.7 Å². The highest BCUT2D eigenvalue weighted by molar-refractivity contribution is 5.88. The van der Waals surface area contributed by atoms with Crippen LogP contribution in [0.2, 0.25) is 0 Å². The molecule has 1 saturated heterocycles. The van der Waals surface area contributed by atoms with E-state index in [2.05, 4.69) is 0 Å². The predicted octanol–water partition coefficient (Wildman–Crippen LogP) is 1.27. The number of aliphatic hydroxyl groups is 1. The molecule has 1 atom stereocenters. The summed E-state index contributed by atoms with van der Waals surface area (Å²) in [6.45, 7) is 5.38. The van der Waals surface area contributed by atoms with Crippen molar-refractivity contribution < 1.29 is 19.4 Å². The van der Waals surface area contributed by atoms with Crippen LogP contribution in [0.3, 0.4) is 0 Å². The zero-order valence-corrected chi connectivity index (χ0v) is 14.6. The average molecular weight is 334 g/mol. The zero-order valence-electron chi connectivity index (χ0n) is 14.6. The highest BCUT2D eigenvalue weighted by Crippen LogP contribution is 2.16. The van der Waals surface area contributed by atoms with Crippen LogP contribution in [-0.4, -0.2) is 59.6 Å². The van der Waals surface area contributed by atoms with Gasteiger partial charge >= 0.3 is 0 Å². The minimum absolute atomic E-state index is 0.0319. The third-order valence-electron chi connectivity index (χ3n) is 4.14. The predicted molar refractivity (Wildman–Crippen MR) is 90.5 cm³/mol. The van der Waals surface area contributed by atoms with E-state index in [0.29, 0.717) is 26.1 Å². The summed E-state index contributed by atoms with van der Waals surface area (Å²) in [5.41, 5.74) is 1.02. The van der Waals surface area contributed by atoms with Crippen LogP contribution in [0.15, 0.2) is 24.3 Å². The van der Waals surface area contributed by atoms with Crippen LogP contribution in [0.5, 0.6) is 5.75 Å². The van der Waals surface area contributed by atoms with Crippen LogP contribution < -0.4 is 4.74 Å². The Bertz CT molecular complexity index is 571. The lowest BCUT2D eigenvalue weighted by molar-refractivity contribution is -0.151. The molecule has 0 unspecified atom stereocenters. The largest absolute Gasteiger partial charge is 0.497 e. The third-order valence-corrected chi connectivity index (χ3v) is 4.14. The number of piperazine rings is 1. The standard InChI is InChI=1S/C18H26N2O4/c1-13(2)10-16(21)18(23)20-9-8-19(17(22)12-20)11-14-4-6-15(24-3)7-5-14/h4-7,13,16,21H,8-12H2,1-3H3/t16-/m1/s1. The molecule has 1 aromatic carbocycles. The molecule has 1 aromatic rings. The molecule has 1 N–H and O–H groups in total. The van der Waals surface area contributed by atoms with Gasteiger partial charge in [-0.2, -0.15) is 0 Å². The van der Waals surface area contributed by atoms with Crippen molar-refractivity contribution in [2.24, 2.45) is 5.92 Å². The smallest absolute Gasteiger partial charge is 0.251 e. The molecule has 0 aliphatic carbocycles. The summed E-state index contributed by atoms with van der Waals surface area (Å²) in [5.74, 6) is 0.568. The van der Waals surface area contributed by atoms with E-state index in [-0.39, 0.29) is 24.3 Å². The molecule has 1 aliphatic rings. The van der Waals surface area contributed by atoms with E-state index in [9.17, 15) is 14.7 Å². The molecule has 24 heavy (non-hydrogen) atoms. The van der Waals surface area contributed by atoms with Gasteiger partial charge in [-0.25, -0.2) is 0 Å². The van der Waals surface area contributed by atoms with Crippen LogP contribution in [0.4, 0.5) is 0 Å². The van der Waals surface area contributed by atoms with Crippen molar-refractivity contribution in [1.82, 2.24) is 9.80 Å². The van der Waals surface area contributed by atoms with Crippen molar-refractivity contribution in [3.63, 3.8) is 0 Å². The molecule has 0 bridgehead atoms. The normalized spacial score (nSPS) is 16.5. The van der Waals surface area contributed by atoms with E-state index in [4.69, 9.17) is 4.74 Å². The fourth-order valence-corrected chi connectivity index (χ4v) is 2.77. The Morgan fingerprint density at radius 1 is 1.25 bits per heavy atom. The van der Waals surface area contributed by atoms with E-state index in [1.54, 1.807) is 12.0 Å². The second kappa shape index (κ2) is 8.15. The highest BCUT2D eigenvalue weighted by Gasteiger charge is 2.30. The quantitative estimate of drug-likeness (QED) is 0.851. The van der Waals surface area contributed by atoms with Crippen molar-refractivity contribution >= 4 is 11.8 Å². The number of carbonyl (C=O) groups is 2. The second-order valence-corrected chi connectivity index (χ2v) is 6.57. The molecule has 1 fully saturated rings. The summed E-state index contributed by atoms with van der Waals surface area (Å²) >= 11 is 0. The Morgan fingerprint density at radius 2 is 1.92 bits per heavy atom. The Hall–Kier alpha value is -2.08. The van der Waals surface area contributed by atoms with Crippen molar-refractivity contribution in [1.29, 1.82) is 0 Å². The first-order valence-corrected chi connectivity index (χ1v) is 8.28. The molecule has 6 heteroatoms. The van der Waals surface area contributed by atoms with Gasteiger partial charge in [-0.1, -0.05) is 26.0 Å². The average Bonchev–Trinajstić information content (AvgIpc) is 2.56. The van der Waals surface area contributed by atoms with Crippen molar-refractivity contribution in [3.05, 3.63) is 29.8 Å². The van der Waals surface area contributed by atoms with Gasteiger partial charge < -0.3 is 19.6 Å². The van der Waals surface area contributed by atoms with E-state index in [1.165, 1.54) is 4.90 Å². The van der Waals surface area contributed by atoms with E-state index in [1.807, 2.05) is 38.1 Å². The van der Waals surface area contributed by atoms with Gasteiger partial charge in [0.2, 0.25) is 5.91 Å². The number of ether oxygens (including phenoxy) is 1. The van der Waals surface area contributed by atoms with Gasteiger partial charge in [0.15, 0.2) is 0 Å². The Labute approximate surface area is 143 Å². The van der Waals surface area contributed by atoms with Crippen LogP contribution in [-0.2, 0) is 16.1 Å². The maximum Gasteiger partial charge on any atom is 0.251 e. The van der Waals surface area contributed by atoms with Gasteiger partial charge in [-0.3, -0.25) is 9.59 Å². The number of hydrogen-bond acceptors (Lipinski definition) is 4. The highest BCUT2D eigenvalue weighted by atomic mass is 16.5. The lowest BCUT2D eigenvalue weighted by atomic mass is 10.0. The van der Waals surface area contributed by atoms with Gasteiger partial charge in [0.25, 0.3) is 5.91 Å². The fraction of sp³-hybridized carbons (Fsp3) is 0.556. The number of amides is 2. The maximum atomic E-state index is 12.3. The molecule has 2 amide bonds. The lowest BCUT2D eigenvalue weighted by Gasteiger charge is -2.35. The van der Waals surface area contributed by atoms with Crippen LogP contribution in [0, 0.1) is 5.92 Å². The minimum Gasteiger partial charge on any atom is -0.497 e. The van der Waals surface area contributed by atoms with Crippen molar-refractivity contribution in [3.8, 4) is 5.75 Å². The summed E-state index contributed by atoms with van der Waals surface area (Å²) in [7, 11) is 1.61. The second-order valence-electron chi connectivity index (χ2n) is 6.57. The van der Waals surface area contributed by atoms with Crippen LogP contribution in [0.25, 0.3) is 0 Å². The summed E-state index contributed by atoms with van der Waals surface area (Å²) in [4.78, 5) is 27.7. The Kier molecular flexibility index (Phi) is 6.20. The summed E-state index contributed by atoms with van der Waals surface area (Å²) < 4.78 is 5.12. The maximum absolute atomic E-state index is 12.3. The third kappa shape index (κ3) is 4.71. The summed E-state index contributed by atoms with van der Waals surface area (Å²) in [6, 6.07) is 7.58. The first-order valence-electron chi connectivity index (χ1n) is 8.28. The number of benzene rings is 1. The fourth-order valence-electron chi connectivity index (χ4n) is 2.77. The monoisotopic (exact) mass is 334 g/mol. The van der Waals surface area contributed by atoms with Gasteiger partial charge in [-0.15, -0.1) is 0 Å². The number of carbonyl (C=O) groups excluding carboxylic acids is 2. The number of nitrogens with zero attached hydrogens (tertiary/aromatic N) is 2. The van der Waals surface area contributed by atoms with Gasteiger partial charge in [0, 0.05) is 19.6 Å². The molecule has 132 valence electrons. The number of methoxy groups -OCH3 is 1. The molecule has 0 spiro atoms. The van der Waals surface area contributed by atoms with E-state index < -0.39 is 6.10 Å². The molecular weight excluding hydrogens is 308 g/mol. The SMILES string of the molecule is COc1ccc(CN2CCN(C(=O)[C@H](O)CC(C)C)CC2=O)cc1. The van der Waals surface area contributed by atoms with E-state index >= 15 is 0 Å². The summed E-state index contributed by atoms with van der Waals surface area (Å²) in [6.07, 6.45) is -0.607. The van der Waals surface area contributed by atoms with Gasteiger partial charge in [0.1, 0.15) is 11.9 Å². The number of aliphatic hydroxyl groups excluding tert-OH is 1.